The summed E-state index contributed by atoms with van der Waals surface area (Å²) in [6.07, 6.45) is 4.58. The van der Waals surface area contributed by atoms with E-state index in [0.717, 1.165) is 32.7 Å². The van der Waals surface area contributed by atoms with Gasteiger partial charge in [-0.25, -0.2) is 9.67 Å². The zero-order valence-electron chi connectivity index (χ0n) is 13.5. The zero-order chi connectivity index (χ0) is 15.5. The van der Waals surface area contributed by atoms with Gasteiger partial charge in [-0.05, 0) is 61.5 Å². The molecule has 3 rings (SSSR count). The van der Waals surface area contributed by atoms with E-state index in [2.05, 4.69) is 41.0 Å². The molecule has 0 bridgehead atoms. The largest absolute Gasteiger partial charge is 0.330 e. The van der Waals surface area contributed by atoms with Crippen LogP contribution in [0.5, 0.6) is 0 Å². The monoisotopic (exact) mass is 299 g/mol. The molecule has 2 aromatic rings. The van der Waals surface area contributed by atoms with Gasteiger partial charge in [0.05, 0.1) is 6.54 Å². The molecule has 1 unspecified atom stereocenters. The van der Waals surface area contributed by atoms with Crippen molar-refractivity contribution in [3.63, 3.8) is 0 Å². The molecule has 1 aromatic heterocycles. The van der Waals surface area contributed by atoms with Crippen LogP contribution in [0.1, 0.15) is 28.7 Å². The van der Waals surface area contributed by atoms with Gasteiger partial charge in [-0.1, -0.05) is 12.1 Å². The van der Waals surface area contributed by atoms with Crippen LogP contribution in [0.15, 0.2) is 24.8 Å². The third-order valence-corrected chi connectivity index (χ3v) is 4.69. The molecule has 2 N–H and O–H groups in total. The minimum absolute atomic E-state index is 0.667. The predicted molar refractivity (Wildman–Crippen MR) is 87.5 cm³/mol. The van der Waals surface area contributed by atoms with Crippen molar-refractivity contribution in [2.75, 3.05) is 19.6 Å². The summed E-state index contributed by atoms with van der Waals surface area (Å²) in [4.78, 5) is 6.54. The average Bonchev–Trinajstić information content (AvgIpc) is 3.15. The Morgan fingerprint density at radius 3 is 2.59 bits per heavy atom. The second kappa shape index (κ2) is 6.58. The molecule has 0 spiro atoms. The quantitative estimate of drug-likeness (QED) is 0.913. The first-order valence-electron chi connectivity index (χ1n) is 7.99. The van der Waals surface area contributed by atoms with Gasteiger partial charge in [0.25, 0.3) is 0 Å². The fourth-order valence-corrected chi connectivity index (χ4v) is 3.27. The molecular formula is C17H25N5. The van der Waals surface area contributed by atoms with E-state index >= 15 is 0 Å². The van der Waals surface area contributed by atoms with Crippen LogP contribution in [0.4, 0.5) is 0 Å². The Bertz CT molecular complexity index is 620. The van der Waals surface area contributed by atoms with Gasteiger partial charge in [-0.2, -0.15) is 5.10 Å². The Balaban J connectivity index is 1.76. The van der Waals surface area contributed by atoms with Crippen LogP contribution in [-0.4, -0.2) is 39.3 Å². The van der Waals surface area contributed by atoms with Gasteiger partial charge in [-0.15, -0.1) is 0 Å². The summed E-state index contributed by atoms with van der Waals surface area (Å²) in [5, 5.41) is 4.21. The van der Waals surface area contributed by atoms with E-state index in [1.807, 2.05) is 4.68 Å². The summed E-state index contributed by atoms with van der Waals surface area (Å²) in [5.41, 5.74) is 11.2. The summed E-state index contributed by atoms with van der Waals surface area (Å²) in [6, 6.07) is 4.63. The van der Waals surface area contributed by atoms with Crippen molar-refractivity contribution in [2.45, 2.75) is 33.4 Å². The summed E-state index contributed by atoms with van der Waals surface area (Å²) in [5.74, 6) is 0.667. The van der Waals surface area contributed by atoms with Crippen molar-refractivity contribution in [3.8, 4) is 0 Å². The summed E-state index contributed by atoms with van der Waals surface area (Å²) in [7, 11) is 0. The lowest BCUT2D eigenvalue weighted by Gasteiger charge is -2.19. The van der Waals surface area contributed by atoms with Crippen LogP contribution >= 0.6 is 0 Å². The van der Waals surface area contributed by atoms with Crippen molar-refractivity contribution < 1.29 is 0 Å². The predicted octanol–water partition coefficient (Wildman–Crippen LogP) is 1.72. The van der Waals surface area contributed by atoms with Gasteiger partial charge in [-0.3, -0.25) is 4.90 Å². The topological polar surface area (TPSA) is 60.0 Å². The van der Waals surface area contributed by atoms with E-state index in [9.17, 15) is 0 Å². The normalized spacial score (nSPS) is 19.0. The summed E-state index contributed by atoms with van der Waals surface area (Å²) < 4.78 is 1.88. The molecule has 0 aliphatic carbocycles. The number of benzene rings is 1. The molecule has 118 valence electrons. The van der Waals surface area contributed by atoms with Crippen molar-refractivity contribution in [3.05, 3.63) is 47.0 Å². The van der Waals surface area contributed by atoms with Gasteiger partial charge in [0, 0.05) is 13.1 Å². The Hall–Kier alpha value is -1.72. The zero-order valence-corrected chi connectivity index (χ0v) is 13.5. The standard InChI is InChI=1S/C17H25N5/c1-13-5-14(2)17(10-22-12-19-11-20-22)6-16(13)9-21-4-3-15(7-18)8-21/h5-6,11-12,15H,3-4,7-10,18H2,1-2H3. The molecule has 1 aliphatic rings. The van der Waals surface area contributed by atoms with Crippen LogP contribution in [-0.2, 0) is 13.1 Å². The Kier molecular flexibility index (Phi) is 4.55. The molecule has 5 heteroatoms. The molecule has 1 atom stereocenters. The van der Waals surface area contributed by atoms with E-state index in [1.165, 1.54) is 28.7 Å². The molecule has 0 amide bonds. The van der Waals surface area contributed by atoms with E-state index < -0.39 is 0 Å². The van der Waals surface area contributed by atoms with E-state index in [4.69, 9.17) is 5.73 Å². The first-order valence-corrected chi connectivity index (χ1v) is 7.99. The lowest BCUT2D eigenvalue weighted by atomic mass is 9.99. The number of rotatable bonds is 5. The third-order valence-electron chi connectivity index (χ3n) is 4.69. The lowest BCUT2D eigenvalue weighted by molar-refractivity contribution is 0.317. The van der Waals surface area contributed by atoms with E-state index in [0.29, 0.717) is 5.92 Å². The van der Waals surface area contributed by atoms with Crippen LogP contribution < -0.4 is 5.73 Å². The fraction of sp³-hybridized carbons (Fsp3) is 0.529. The van der Waals surface area contributed by atoms with Crippen molar-refractivity contribution in [1.29, 1.82) is 0 Å². The van der Waals surface area contributed by atoms with E-state index in [1.54, 1.807) is 12.7 Å². The highest BCUT2D eigenvalue weighted by Gasteiger charge is 2.21. The summed E-state index contributed by atoms with van der Waals surface area (Å²) in [6.45, 7) is 9.27. The molecule has 22 heavy (non-hydrogen) atoms. The maximum Gasteiger partial charge on any atom is 0.137 e. The molecular weight excluding hydrogens is 274 g/mol. The molecule has 1 saturated heterocycles. The van der Waals surface area contributed by atoms with Gasteiger partial charge in [0.2, 0.25) is 0 Å². The lowest BCUT2D eigenvalue weighted by Crippen LogP contribution is -2.23. The maximum atomic E-state index is 5.80. The van der Waals surface area contributed by atoms with Crippen molar-refractivity contribution in [1.82, 2.24) is 19.7 Å². The van der Waals surface area contributed by atoms with Crippen LogP contribution in [0.25, 0.3) is 0 Å². The third kappa shape index (κ3) is 3.36. The maximum absolute atomic E-state index is 5.80. The number of aryl methyl sites for hydroxylation is 2. The number of nitrogens with zero attached hydrogens (tertiary/aromatic N) is 4. The van der Waals surface area contributed by atoms with Crippen molar-refractivity contribution >= 4 is 0 Å². The Morgan fingerprint density at radius 1 is 1.18 bits per heavy atom. The minimum atomic E-state index is 0.667. The second-order valence-corrected chi connectivity index (χ2v) is 6.42. The second-order valence-electron chi connectivity index (χ2n) is 6.42. The number of hydrogen-bond donors (Lipinski definition) is 1. The van der Waals surface area contributed by atoms with Crippen LogP contribution in [0.3, 0.4) is 0 Å². The first kappa shape index (κ1) is 15.2. The molecule has 1 fully saturated rings. The number of hydrogen-bond acceptors (Lipinski definition) is 4. The van der Waals surface area contributed by atoms with Crippen LogP contribution in [0, 0.1) is 19.8 Å². The molecule has 0 saturated carbocycles. The van der Waals surface area contributed by atoms with Gasteiger partial charge in [0.15, 0.2) is 0 Å². The SMILES string of the molecule is Cc1cc(C)c(Cn2cncn2)cc1CN1CCC(CN)C1. The Labute approximate surface area is 132 Å². The highest BCUT2D eigenvalue weighted by atomic mass is 15.3. The van der Waals surface area contributed by atoms with E-state index in [-0.39, 0.29) is 0 Å². The smallest absolute Gasteiger partial charge is 0.137 e. The number of aromatic nitrogens is 3. The molecule has 1 aliphatic heterocycles. The average molecular weight is 299 g/mol. The molecule has 1 aromatic carbocycles. The Morgan fingerprint density at radius 2 is 1.95 bits per heavy atom. The molecule has 0 radical (unpaired) electrons. The molecule has 2 heterocycles. The number of nitrogens with two attached hydrogens (primary N) is 1. The molecule has 5 nitrogen and oxygen atoms in total. The summed E-state index contributed by atoms with van der Waals surface area (Å²) >= 11 is 0. The van der Waals surface area contributed by atoms with Crippen molar-refractivity contribution in [2.24, 2.45) is 11.7 Å². The minimum Gasteiger partial charge on any atom is -0.330 e. The van der Waals surface area contributed by atoms with Gasteiger partial charge in [0.1, 0.15) is 12.7 Å². The highest BCUT2D eigenvalue weighted by Crippen LogP contribution is 2.22. The van der Waals surface area contributed by atoms with Crippen LogP contribution in [0.2, 0.25) is 0 Å². The first-order chi connectivity index (χ1) is 10.7. The van der Waals surface area contributed by atoms with Gasteiger partial charge >= 0.3 is 0 Å². The fourth-order valence-electron chi connectivity index (χ4n) is 3.27. The highest BCUT2D eigenvalue weighted by molar-refractivity contribution is 5.37. The van der Waals surface area contributed by atoms with Gasteiger partial charge < -0.3 is 5.73 Å². The number of likely N-dealkylation sites (tertiary alicyclic amines) is 1.